The van der Waals surface area contributed by atoms with Gasteiger partial charge in [0.25, 0.3) is 0 Å². The number of hydrogen-bond donors (Lipinski definition) is 2. The second kappa shape index (κ2) is 6.55. The maximum absolute atomic E-state index is 14.1. The van der Waals surface area contributed by atoms with Crippen molar-refractivity contribution in [1.29, 1.82) is 0 Å². The molecule has 6 nitrogen and oxygen atoms in total. The number of rotatable bonds is 5. The van der Waals surface area contributed by atoms with Gasteiger partial charge in [0.2, 0.25) is 11.8 Å². The minimum atomic E-state index is -0.554. The quantitative estimate of drug-likeness (QED) is 0.797. The number of aromatic nitrogens is 2. The Morgan fingerprint density at radius 3 is 2.52 bits per heavy atom. The zero-order valence-electron chi connectivity index (χ0n) is 16.7. The smallest absolute Gasteiger partial charge is 0.226 e. The molecule has 0 spiro atoms. The number of benzene rings is 1. The van der Waals surface area contributed by atoms with Crippen LogP contribution in [0, 0.1) is 17.7 Å². The van der Waals surface area contributed by atoms with Crippen molar-refractivity contribution in [3.05, 3.63) is 30.2 Å². The van der Waals surface area contributed by atoms with E-state index in [0.29, 0.717) is 34.8 Å². The highest BCUT2D eigenvalue weighted by Gasteiger charge is 2.57. The van der Waals surface area contributed by atoms with Crippen molar-refractivity contribution in [2.75, 3.05) is 19.5 Å². The van der Waals surface area contributed by atoms with Crippen LogP contribution in [0.2, 0.25) is 0 Å². The summed E-state index contributed by atoms with van der Waals surface area (Å²) in [4.78, 5) is 9.06. The Hall–Kier alpha value is -2.41. The largest absolute Gasteiger partial charge is 0.494 e. The van der Waals surface area contributed by atoms with E-state index in [-0.39, 0.29) is 11.3 Å². The van der Waals surface area contributed by atoms with E-state index in [0.717, 1.165) is 32.1 Å². The zero-order valence-corrected chi connectivity index (χ0v) is 16.7. The molecule has 2 N–H and O–H groups in total. The molecule has 0 radical (unpaired) electrons. The average molecular weight is 399 g/mol. The third-order valence-electron chi connectivity index (χ3n) is 6.82. The van der Waals surface area contributed by atoms with Crippen molar-refractivity contribution in [2.24, 2.45) is 11.8 Å². The number of methoxy groups -OCH3 is 2. The minimum Gasteiger partial charge on any atom is -0.494 e. The lowest BCUT2D eigenvalue weighted by Gasteiger charge is -2.60. The van der Waals surface area contributed by atoms with Gasteiger partial charge in [-0.25, -0.2) is 9.37 Å². The van der Waals surface area contributed by atoms with Crippen molar-refractivity contribution < 1.29 is 19.0 Å². The Kier molecular flexibility index (Phi) is 4.21. The Balaban J connectivity index is 1.43. The second-order valence-electron chi connectivity index (χ2n) is 9.06. The normalized spacial score (nSPS) is 32.3. The number of nitrogens with zero attached hydrogens (tertiary/aromatic N) is 2. The number of nitrogens with one attached hydrogen (secondary N) is 1. The minimum absolute atomic E-state index is 0.155. The van der Waals surface area contributed by atoms with Crippen LogP contribution in [-0.4, -0.2) is 40.4 Å². The van der Waals surface area contributed by atoms with Crippen LogP contribution < -0.4 is 14.8 Å². The third kappa shape index (κ3) is 3.21. The van der Waals surface area contributed by atoms with Crippen molar-refractivity contribution in [3.8, 4) is 22.8 Å². The highest BCUT2D eigenvalue weighted by molar-refractivity contribution is 5.69. The maximum Gasteiger partial charge on any atom is 0.226 e. The summed E-state index contributed by atoms with van der Waals surface area (Å²) in [7, 11) is 2.98. The third-order valence-corrected chi connectivity index (χ3v) is 6.82. The fourth-order valence-electron chi connectivity index (χ4n) is 6.21. The fourth-order valence-corrected chi connectivity index (χ4v) is 6.21. The summed E-state index contributed by atoms with van der Waals surface area (Å²) >= 11 is 0. The summed E-state index contributed by atoms with van der Waals surface area (Å²) in [6.07, 6.45) is 7.54. The number of aliphatic hydroxyl groups is 1. The average Bonchev–Trinajstić information content (AvgIpc) is 2.65. The van der Waals surface area contributed by atoms with E-state index in [4.69, 9.17) is 9.47 Å². The molecule has 2 atom stereocenters. The first kappa shape index (κ1) is 18.6. The standard InChI is InChI=1S/C22H26FN3O3/c1-28-18-4-3-15(6-17(18)23)16-11-24-20(25-19(16)29-2)26-21-7-13-5-14(8-21)10-22(27,9-13)12-21/h3-4,6,11,13-14,27H,5,7-10,12H2,1-2H3,(H,24,25,26). The molecule has 4 fully saturated rings. The summed E-state index contributed by atoms with van der Waals surface area (Å²) in [5, 5.41) is 14.5. The molecule has 6 rings (SSSR count). The van der Waals surface area contributed by atoms with Gasteiger partial charge in [-0.15, -0.1) is 0 Å². The Morgan fingerprint density at radius 1 is 1.14 bits per heavy atom. The van der Waals surface area contributed by atoms with Gasteiger partial charge in [0, 0.05) is 11.7 Å². The molecule has 1 aromatic carbocycles. The van der Waals surface area contributed by atoms with Crippen LogP contribution in [0.3, 0.4) is 0 Å². The van der Waals surface area contributed by atoms with Gasteiger partial charge in [-0.2, -0.15) is 4.98 Å². The van der Waals surface area contributed by atoms with E-state index in [9.17, 15) is 9.50 Å². The molecule has 4 aliphatic carbocycles. The van der Waals surface area contributed by atoms with E-state index in [2.05, 4.69) is 15.3 Å². The summed E-state index contributed by atoms with van der Waals surface area (Å²) < 4.78 is 24.6. The van der Waals surface area contributed by atoms with Gasteiger partial charge in [-0.1, -0.05) is 6.07 Å². The molecule has 0 saturated heterocycles. The van der Waals surface area contributed by atoms with Gasteiger partial charge in [0.15, 0.2) is 11.6 Å². The highest BCUT2D eigenvalue weighted by Crippen LogP contribution is 2.58. The van der Waals surface area contributed by atoms with Crippen molar-refractivity contribution in [3.63, 3.8) is 0 Å². The molecule has 154 valence electrons. The van der Waals surface area contributed by atoms with Gasteiger partial charge >= 0.3 is 0 Å². The van der Waals surface area contributed by atoms with Crippen LogP contribution in [0.5, 0.6) is 11.6 Å². The summed E-state index contributed by atoms with van der Waals surface area (Å²) in [5.41, 5.74) is 0.527. The van der Waals surface area contributed by atoms with Crippen molar-refractivity contribution in [2.45, 2.75) is 49.7 Å². The monoisotopic (exact) mass is 399 g/mol. The molecule has 0 amide bonds. The molecule has 1 heterocycles. The van der Waals surface area contributed by atoms with E-state index in [1.54, 1.807) is 25.4 Å². The molecular weight excluding hydrogens is 373 g/mol. The molecule has 4 saturated carbocycles. The van der Waals surface area contributed by atoms with E-state index in [1.807, 2.05) is 0 Å². The summed E-state index contributed by atoms with van der Waals surface area (Å²) in [6, 6.07) is 4.72. The van der Waals surface area contributed by atoms with Gasteiger partial charge in [-0.3, -0.25) is 0 Å². The maximum atomic E-state index is 14.1. The van der Waals surface area contributed by atoms with Crippen LogP contribution in [-0.2, 0) is 0 Å². The van der Waals surface area contributed by atoms with E-state index < -0.39 is 11.4 Å². The first-order valence-corrected chi connectivity index (χ1v) is 10.2. The number of hydrogen-bond acceptors (Lipinski definition) is 6. The van der Waals surface area contributed by atoms with Crippen LogP contribution in [0.15, 0.2) is 24.4 Å². The topological polar surface area (TPSA) is 76.5 Å². The molecule has 1 aromatic heterocycles. The lowest BCUT2D eigenvalue weighted by atomic mass is 9.51. The van der Waals surface area contributed by atoms with Crippen molar-refractivity contribution >= 4 is 5.95 Å². The molecule has 29 heavy (non-hydrogen) atoms. The van der Waals surface area contributed by atoms with E-state index >= 15 is 0 Å². The summed E-state index contributed by atoms with van der Waals surface area (Å²) in [6.45, 7) is 0. The van der Waals surface area contributed by atoms with Crippen LogP contribution in [0.1, 0.15) is 38.5 Å². The SMILES string of the molecule is COc1ccc(-c2cnc(NC34CC5CC(CC(O)(C5)C3)C4)nc2OC)cc1F. The van der Waals surface area contributed by atoms with Crippen LogP contribution in [0.4, 0.5) is 10.3 Å². The van der Waals surface area contributed by atoms with Gasteiger partial charge in [0.1, 0.15) is 0 Å². The summed E-state index contributed by atoms with van der Waals surface area (Å²) in [5.74, 6) is 1.75. The molecule has 4 bridgehead atoms. The van der Waals surface area contributed by atoms with E-state index in [1.165, 1.54) is 19.6 Å². The zero-order chi connectivity index (χ0) is 20.2. The highest BCUT2D eigenvalue weighted by atomic mass is 19.1. The Bertz CT molecular complexity index is 937. The van der Waals surface area contributed by atoms with Gasteiger partial charge in [0.05, 0.1) is 25.4 Å². The molecular formula is C22H26FN3O3. The predicted octanol–water partition coefficient (Wildman–Crippen LogP) is 3.80. The van der Waals surface area contributed by atoms with Crippen LogP contribution in [0.25, 0.3) is 11.1 Å². The fraction of sp³-hybridized carbons (Fsp3) is 0.545. The molecule has 7 heteroatoms. The molecule has 0 aliphatic heterocycles. The lowest BCUT2D eigenvalue weighted by molar-refractivity contribution is -0.127. The molecule has 4 aliphatic rings. The van der Waals surface area contributed by atoms with Crippen LogP contribution >= 0.6 is 0 Å². The number of halogens is 1. The van der Waals surface area contributed by atoms with Gasteiger partial charge in [-0.05, 0) is 68.1 Å². The Labute approximate surface area is 169 Å². The van der Waals surface area contributed by atoms with Crippen molar-refractivity contribution in [1.82, 2.24) is 9.97 Å². The Morgan fingerprint density at radius 2 is 1.90 bits per heavy atom. The number of ether oxygens (including phenoxy) is 2. The lowest BCUT2D eigenvalue weighted by Crippen LogP contribution is -2.62. The second-order valence-corrected chi connectivity index (χ2v) is 9.06. The first-order chi connectivity index (χ1) is 13.9. The number of anilines is 1. The molecule has 2 unspecified atom stereocenters. The predicted molar refractivity (Wildman–Crippen MR) is 107 cm³/mol. The van der Waals surface area contributed by atoms with Gasteiger partial charge < -0.3 is 19.9 Å². The first-order valence-electron chi connectivity index (χ1n) is 10.2. The molecule has 2 aromatic rings.